The van der Waals surface area contributed by atoms with Crippen molar-refractivity contribution in [3.05, 3.63) is 64.7 Å². The summed E-state index contributed by atoms with van der Waals surface area (Å²) in [7, 11) is 0. The zero-order chi connectivity index (χ0) is 13.4. The highest BCUT2D eigenvalue weighted by Crippen LogP contribution is 2.44. The van der Waals surface area contributed by atoms with Crippen LogP contribution >= 0.6 is 11.8 Å². The molecule has 0 saturated carbocycles. The largest absolute Gasteiger partial charge is 0.121 e. The maximum absolute atomic E-state index is 2.34. The van der Waals surface area contributed by atoms with Crippen molar-refractivity contribution in [3.63, 3.8) is 0 Å². The highest BCUT2D eigenvalue weighted by Gasteiger charge is 2.26. The second-order valence-corrected chi connectivity index (χ2v) is 6.71. The molecule has 0 aromatic heterocycles. The third kappa shape index (κ3) is 2.21. The minimum absolute atomic E-state index is 0.529. The van der Waals surface area contributed by atoms with Gasteiger partial charge in [-0.1, -0.05) is 50.2 Å². The molecule has 2 aromatic rings. The summed E-state index contributed by atoms with van der Waals surface area (Å²) in [4.78, 5) is 1.46. The summed E-state index contributed by atoms with van der Waals surface area (Å²) >= 11 is 1.99. The molecule has 0 N–H and O–H groups in total. The molecule has 0 spiro atoms. The first kappa shape index (κ1) is 12.8. The van der Waals surface area contributed by atoms with Crippen molar-refractivity contribution in [2.45, 2.75) is 37.3 Å². The van der Waals surface area contributed by atoms with E-state index in [0.717, 1.165) is 5.75 Å². The summed E-state index contributed by atoms with van der Waals surface area (Å²) in [6, 6.07) is 15.7. The topological polar surface area (TPSA) is 0 Å². The Morgan fingerprint density at radius 2 is 1.74 bits per heavy atom. The fourth-order valence-electron chi connectivity index (χ4n) is 3.12. The number of hydrogen-bond donors (Lipinski definition) is 0. The van der Waals surface area contributed by atoms with Crippen molar-refractivity contribution in [1.29, 1.82) is 0 Å². The molecule has 1 heterocycles. The molecule has 0 saturated heterocycles. The van der Waals surface area contributed by atoms with Crippen LogP contribution < -0.4 is 0 Å². The Balaban J connectivity index is 2.24. The molecular weight excluding hydrogens is 248 g/mol. The lowest BCUT2D eigenvalue weighted by molar-refractivity contribution is 0.556. The number of benzene rings is 2. The van der Waals surface area contributed by atoms with E-state index in [4.69, 9.17) is 0 Å². The van der Waals surface area contributed by atoms with Crippen LogP contribution in [-0.4, -0.2) is 0 Å². The molecule has 0 radical (unpaired) electrons. The van der Waals surface area contributed by atoms with E-state index in [9.17, 15) is 0 Å². The Hall–Kier alpha value is -1.21. The first-order chi connectivity index (χ1) is 9.18. The highest BCUT2D eigenvalue weighted by molar-refractivity contribution is 7.98. The highest BCUT2D eigenvalue weighted by atomic mass is 32.2. The van der Waals surface area contributed by atoms with E-state index in [2.05, 4.69) is 63.2 Å². The molecule has 0 amide bonds. The zero-order valence-corrected chi connectivity index (χ0v) is 12.6. The maximum atomic E-state index is 2.34. The standard InChI is InChI=1S/C18H20S/c1-12(2)18-14-9-6-7-13(3)16(14)11-19-17-10-5-4-8-15(17)18/h4-10,12,18H,11H2,1-3H3. The first-order valence-corrected chi connectivity index (χ1v) is 7.97. The van der Waals surface area contributed by atoms with Crippen LogP contribution in [0.25, 0.3) is 0 Å². The summed E-state index contributed by atoms with van der Waals surface area (Å²) < 4.78 is 0. The molecule has 1 aliphatic heterocycles. The fraction of sp³-hybridized carbons (Fsp3) is 0.333. The summed E-state index contributed by atoms with van der Waals surface area (Å²) in [5, 5.41) is 0. The predicted molar refractivity (Wildman–Crippen MR) is 83.9 cm³/mol. The first-order valence-electron chi connectivity index (χ1n) is 6.98. The molecule has 0 nitrogen and oxygen atoms in total. The van der Waals surface area contributed by atoms with Gasteiger partial charge in [0.25, 0.3) is 0 Å². The molecule has 19 heavy (non-hydrogen) atoms. The van der Waals surface area contributed by atoms with Crippen LogP contribution in [-0.2, 0) is 5.75 Å². The molecular formula is C18H20S. The van der Waals surface area contributed by atoms with Gasteiger partial charge in [-0.3, -0.25) is 0 Å². The average molecular weight is 268 g/mol. The normalized spacial score (nSPS) is 17.8. The average Bonchev–Trinajstić information content (AvgIpc) is 2.56. The van der Waals surface area contributed by atoms with E-state index in [-0.39, 0.29) is 0 Å². The van der Waals surface area contributed by atoms with Gasteiger partial charge in [0, 0.05) is 16.6 Å². The zero-order valence-electron chi connectivity index (χ0n) is 11.8. The van der Waals surface area contributed by atoms with Gasteiger partial charge in [-0.15, -0.1) is 11.8 Å². The van der Waals surface area contributed by atoms with Crippen LogP contribution in [0, 0.1) is 12.8 Å². The van der Waals surface area contributed by atoms with Gasteiger partial charge in [0.2, 0.25) is 0 Å². The van der Waals surface area contributed by atoms with Crippen LogP contribution in [0.4, 0.5) is 0 Å². The smallest absolute Gasteiger partial charge is 0.0237 e. The molecule has 98 valence electrons. The molecule has 1 heteroatoms. The van der Waals surface area contributed by atoms with Crippen molar-refractivity contribution < 1.29 is 0 Å². The summed E-state index contributed by atoms with van der Waals surface area (Å²) in [6.07, 6.45) is 0. The van der Waals surface area contributed by atoms with Gasteiger partial charge in [-0.25, -0.2) is 0 Å². The van der Waals surface area contributed by atoms with Gasteiger partial charge >= 0.3 is 0 Å². The third-order valence-corrected chi connectivity index (χ3v) is 5.19. The van der Waals surface area contributed by atoms with Crippen LogP contribution in [0.3, 0.4) is 0 Å². The van der Waals surface area contributed by atoms with Gasteiger partial charge in [-0.05, 0) is 41.2 Å². The summed E-state index contributed by atoms with van der Waals surface area (Å²) in [6.45, 7) is 6.92. The van der Waals surface area contributed by atoms with Crippen molar-refractivity contribution in [3.8, 4) is 0 Å². The molecule has 2 aromatic carbocycles. The van der Waals surface area contributed by atoms with Gasteiger partial charge < -0.3 is 0 Å². The lowest BCUT2D eigenvalue weighted by atomic mass is 9.80. The lowest BCUT2D eigenvalue weighted by Gasteiger charge is -2.24. The van der Waals surface area contributed by atoms with E-state index in [1.54, 1.807) is 5.56 Å². The third-order valence-electron chi connectivity index (χ3n) is 4.07. The lowest BCUT2D eigenvalue weighted by Crippen LogP contribution is -2.10. The summed E-state index contributed by atoms with van der Waals surface area (Å²) in [5.41, 5.74) is 6.02. The SMILES string of the molecule is Cc1cccc2c1CSc1ccccc1C2C(C)C. The predicted octanol–water partition coefficient (Wildman–Crippen LogP) is 5.39. The van der Waals surface area contributed by atoms with E-state index in [1.807, 2.05) is 11.8 Å². The molecule has 1 aliphatic rings. The monoisotopic (exact) mass is 268 g/mol. The van der Waals surface area contributed by atoms with Crippen LogP contribution in [0.15, 0.2) is 47.4 Å². The molecule has 3 rings (SSSR count). The van der Waals surface area contributed by atoms with Gasteiger partial charge in [0.05, 0.1) is 0 Å². The van der Waals surface area contributed by atoms with E-state index < -0.39 is 0 Å². The van der Waals surface area contributed by atoms with Crippen molar-refractivity contribution in [1.82, 2.24) is 0 Å². The molecule has 1 unspecified atom stereocenters. The molecule has 1 atom stereocenters. The Bertz CT molecular complexity index is 598. The van der Waals surface area contributed by atoms with Gasteiger partial charge in [0.1, 0.15) is 0 Å². The number of aryl methyl sites for hydroxylation is 1. The number of rotatable bonds is 1. The number of hydrogen-bond acceptors (Lipinski definition) is 1. The van der Waals surface area contributed by atoms with Crippen LogP contribution in [0.5, 0.6) is 0 Å². The molecule has 0 bridgehead atoms. The van der Waals surface area contributed by atoms with E-state index in [1.165, 1.54) is 21.6 Å². The number of fused-ring (bicyclic) bond motifs is 2. The van der Waals surface area contributed by atoms with Crippen molar-refractivity contribution >= 4 is 11.8 Å². The summed E-state index contributed by atoms with van der Waals surface area (Å²) in [5.74, 6) is 2.25. The second-order valence-electron chi connectivity index (χ2n) is 5.69. The van der Waals surface area contributed by atoms with Crippen molar-refractivity contribution in [2.75, 3.05) is 0 Å². The van der Waals surface area contributed by atoms with Crippen LogP contribution in [0.1, 0.15) is 42.0 Å². The Labute approximate surface area is 120 Å². The second kappa shape index (κ2) is 5.05. The quantitative estimate of drug-likeness (QED) is 0.668. The van der Waals surface area contributed by atoms with Crippen molar-refractivity contribution in [2.24, 2.45) is 5.92 Å². The van der Waals surface area contributed by atoms with Crippen LogP contribution in [0.2, 0.25) is 0 Å². The number of thioether (sulfide) groups is 1. The minimum Gasteiger partial charge on any atom is -0.121 e. The van der Waals surface area contributed by atoms with E-state index in [0.29, 0.717) is 11.8 Å². The van der Waals surface area contributed by atoms with Gasteiger partial charge in [-0.2, -0.15) is 0 Å². The Morgan fingerprint density at radius 1 is 1.00 bits per heavy atom. The maximum Gasteiger partial charge on any atom is 0.0237 e. The van der Waals surface area contributed by atoms with Gasteiger partial charge in [0.15, 0.2) is 0 Å². The van der Waals surface area contributed by atoms with E-state index >= 15 is 0 Å². The molecule has 0 aliphatic carbocycles. The minimum atomic E-state index is 0.529. The fourth-order valence-corrected chi connectivity index (χ4v) is 4.35. The Kier molecular flexibility index (Phi) is 3.40. The molecule has 0 fully saturated rings. The Morgan fingerprint density at radius 3 is 2.53 bits per heavy atom.